The van der Waals surface area contributed by atoms with E-state index in [-0.39, 0.29) is 5.91 Å². The molecule has 0 bridgehead atoms. The number of aromatic nitrogens is 3. The maximum atomic E-state index is 12.2. The van der Waals surface area contributed by atoms with Crippen LogP contribution < -0.4 is 5.32 Å². The molecule has 144 valence electrons. The second-order valence-corrected chi connectivity index (χ2v) is 9.64. The van der Waals surface area contributed by atoms with Crippen LogP contribution in [-0.2, 0) is 11.3 Å². The highest BCUT2D eigenvalue weighted by atomic mass is 32.2. The smallest absolute Gasteiger partial charge is 0.230 e. The van der Waals surface area contributed by atoms with Crippen LogP contribution in [0.5, 0.6) is 0 Å². The van der Waals surface area contributed by atoms with Crippen molar-refractivity contribution in [3.8, 4) is 0 Å². The zero-order valence-electron chi connectivity index (χ0n) is 15.5. The lowest BCUT2D eigenvalue weighted by molar-refractivity contribution is -0.118. The Labute approximate surface area is 179 Å². The molecule has 0 saturated heterocycles. The molecule has 5 aromatic rings. The second kappa shape index (κ2) is 7.70. The number of benzene rings is 1. The monoisotopic (exact) mass is 436 g/mol. The average molecular weight is 437 g/mol. The molecular formula is C21H16N4OS3. The zero-order valence-corrected chi connectivity index (χ0v) is 18.0. The number of hydrogen-bond acceptors (Lipinski definition) is 7. The third-order valence-corrected chi connectivity index (χ3v) is 7.63. The van der Waals surface area contributed by atoms with Crippen LogP contribution in [0.15, 0.2) is 53.1 Å². The number of rotatable bonds is 5. The van der Waals surface area contributed by atoms with Gasteiger partial charge in [-0.05, 0) is 36.1 Å². The lowest BCUT2D eigenvalue weighted by Gasteiger charge is -2.04. The number of pyridine rings is 1. The number of aryl methyl sites for hydroxylation is 1. The van der Waals surface area contributed by atoms with Crippen molar-refractivity contribution in [1.29, 1.82) is 0 Å². The normalized spacial score (nSPS) is 11.5. The summed E-state index contributed by atoms with van der Waals surface area (Å²) < 4.78 is 0.984. The van der Waals surface area contributed by atoms with Crippen molar-refractivity contribution in [2.75, 3.05) is 5.75 Å². The maximum absolute atomic E-state index is 12.2. The van der Waals surface area contributed by atoms with Gasteiger partial charge in [0.05, 0.1) is 28.0 Å². The van der Waals surface area contributed by atoms with Gasteiger partial charge >= 0.3 is 0 Å². The molecule has 4 aromatic heterocycles. The Kier molecular flexibility index (Phi) is 4.91. The van der Waals surface area contributed by atoms with Crippen molar-refractivity contribution in [3.05, 3.63) is 58.5 Å². The van der Waals surface area contributed by atoms with E-state index in [1.54, 1.807) is 29.0 Å². The number of carbonyl (C=O) groups excluding carboxylic acids is 1. The minimum atomic E-state index is -0.00406. The van der Waals surface area contributed by atoms with E-state index in [1.165, 1.54) is 17.3 Å². The van der Waals surface area contributed by atoms with Gasteiger partial charge in [-0.2, -0.15) is 0 Å². The predicted octanol–water partition coefficient (Wildman–Crippen LogP) is 5.17. The van der Waals surface area contributed by atoms with Gasteiger partial charge in [-0.3, -0.25) is 4.79 Å². The number of thioether (sulfide) groups is 1. The highest BCUT2D eigenvalue weighted by molar-refractivity contribution is 8.00. The third kappa shape index (κ3) is 3.71. The molecule has 0 atom stereocenters. The first-order valence-electron chi connectivity index (χ1n) is 9.04. The quantitative estimate of drug-likeness (QED) is 0.304. The van der Waals surface area contributed by atoms with Crippen LogP contribution in [-0.4, -0.2) is 26.6 Å². The Hall–Kier alpha value is -2.55. The molecule has 1 N–H and O–H groups in total. The van der Waals surface area contributed by atoms with Crippen LogP contribution in [0.2, 0.25) is 0 Å². The van der Waals surface area contributed by atoms with Crippen LogP contribution in [0.1, 0.15) is 10.4 Å². The third-order valence-electron chi connectivity index (χ3n) is 4.54. The molecule has 0 aliphatic carbocycles. The fourth-order valence-electron chi connectivity index (χ4n) is 3.13. The van der Waals surface area contributed by atoms with E-state index in [4.69, 9.17) is 4.98 Å². The molecular weight excluding hydrogens is 420 g/mol. The lowest BCUT2D eigenvalue weighted by atomic mass is 10.1. The first-order chi connectivity index (χ1) is 14.2. The first-order valence-corrected chi connectivity index (χ1v) is 11.7. The SMILES string of the molecule is Cc1ccc2cc3c(nc2c1)sc1c(SCC(=O)NCc2cccs2)ncnc13. The van der Waals surface area contributed by atoms with Crippen molar-refractivity contribution in [2.24, 2.45) is 0 Å². The Morgan fingerprint density at radius 1 is 1.21 bits per heavy atom. The van der Waals surface area contributed by atoms with Gasteiger partial charge in [0, 0.05) is 15.6 Å². The highest BCUT2D eigenvalue weighted by Crippen LogP contribution is 2.37. The van der Waals surface area contributed by atoms with Gasteiger partial charge in [-0.25, -0.2) is 15.0 Å². The number of nitrogens with zero attached hydrogens (tertiary/aromatic N) is 3. The summed E-state index contributed by atoms with van der Waals surface area (Å²) in [4.78, 5) is 28.1. The molecule has 0 aliphatic rings. The van der Waals surface area contributed by atoms with Crippen LogP contribution >= 0.6 is 34.4 Å². The van der Waals surface area contributed by atoms with E-state index < -0.39 is 0 Å². The number of fused-ring (bicyclic) bond motifs is 4. The van der Waals surface area contributed by atoms with Crippen LogP contribution in [0.25, 0.3) is 31.3 Å². The summed E-state index contributed by atoms with van der Waals surface area (Å²) in [7, 11) is 0. The van der Waals surface area contributed by atoms with Crippen molar-refractivity contribution < 1.29 is 4.79 Å². The van der Waals surface area contributed by atoms with E-state index >= 15 is 0 Å². The van der Waals surface area contributed by atoms with Gasteiger partial charge < -0.3 is 5.32 Å². The van der Waals surface area contributed by atoms with E-state index in [0.29, 0.717) is 12.3 Å². The number of carbonyl (C=O) groups is 1. The van der Waals surface area contributed by atoms with Crippen LogP contribution in [0, 0.1) is 6.92 Å². The number of nitrogens with one attached hydrogen (secondary N) is 1. The molecule has 1 amide bonds. The Morgan fingerprint density at radius 3 is 3.00 bits per heavy atom. The summed E-state index contributed by atoms with van der Waals surface area (Å²) in [5.41, 5.74) is 3.07. The standard InChI is InChI=1S/C21H16N4OS3/c1-12-4-5-13-8-15-18-19(29-20(15)25-16(13)7-12)21(24-11-23-18)28-10-17(26)22-9-14-3-2-6-27-14/h2-8,11H,9-10H2,1H3,(H,22,26). The van der Waals surface area contributed by atoms with Gasteiger partial charge in [0.25, 0.3) is 0 Å². The van der Waals surface area contributed by atoms with Gasteiger partial charge in [-0.1, -0.05) is 30.0 Å². The van der Waals surface area contributed by atoms with E-state index in [1.807, 2.05) is 17.5 Å². The largest absolute Gasteiger partial charge is 0.350 e. The summed E-state index contributed by atoms with van der Waals surface area (Å²) in [6.45, 7) is 2.63. The van der Waals surface area contributed by atoms with Crippen LogP contribution in [0.3, 0.4) is 0 Å². The van der Waals surface area contributed by atoms with Gasteiger partial charge in [0.1, 0.15) is 16.2 Å². The summed E-state index contributed by atoms with van der Waals surface area (Å²) in [6.07, 6.45) is 1.57. The summed E-state index contributed by atoms with van der Waals surface area (Å²) in [6, 6.07) is 12.4. The molecule has 0 fully saturated rings. The van der Waals surface area contributed by atoms with Crippen molar-refractivity contribution in [2.45, 2.75) is 18.5 Å². The highest BCUT2D eigenvalue weighted by Gasteiger charge is 2.15. The molecule has 0 radical (unpaired) electrons. The van der Waals surface area contributed by atoms with Crippen molar-refractivity contribution >= 4 is 71.7 Å². The molecule has 5 nitrogen and oxygen atoms in total. The molecule has 0 saturated carbocycles. The topological polar surface area (TPSA) is 67.8 Å². The maximum Gasteiger partial charge on any atom is 0.230 e. The first kappa shape index (κ1) is 18.5. The molecule has 5 rings (SSSR count). The number of thiophene rings is 2. The number of hydrogen-bond donors (Lipinski definition) is 1. The van der Waals surface area contributed by atoms with Gasteiger partial charge in [0.2, 0.25) is 5.91 Å². The summed E-state index contributed by atoms with van der Waals surface area (Å²) >= 11 is 4.66. The van der Waals surface area contributed by atoms with Gasteiger partial charge in [0.15, 0.2) is 0 Å². The van der Waals surface area contributed by atoms with E-state index in [0.717, 1.165) is 41.2 Å². The molecule has 29 heavy (non-hydrogen) atoms. The van der Waals surface area contributed by atoms with E-state index in [9.17, 15) is 4.79 Å². The molecule has 4 heterocycles. The molecule has 0 aliphatic heterocycles. The Morgan fingerprint density at radius 2 is 2.14 bits per heavy atom. The molecule has 1 aromatic carbocycles. The van der Waals surface area contributed by atoms with Gasteiger partial charge in [-0.15, -0.1) is 22.7 Å². The fraction of sp³-hybridized carbons (Fsp3) is 0.143. The van der Waals surface area contributed by atoms with E-state index in [2.05, 4.69) is 46.5 Å². The molecule has 8 heteroatoms. The Balaban J connectivity index is 1.42. The van der Waals surface area contributed by atoms with Crippen LogP contribution in [0.4, 0.5) is 0 Å². The Bertz CT molecular complexity index is 1340. The van der Waals surface area contributed by atoms with Crippen molar-refractivity contribution in [1.82, 2.24) is 20.3 Å². The average Bonchev–Trinajstić information content (AvgIpc) is 3.36. The zero-order chi connectivity index (χ0) is 19.8. The molecule has 0 unspecified atom stereocenters. The molecule has 0 spiro atoms. The predicted molar refractivity (Wildman–Crippen MR) is 122 cm³/mol. The summed E-state index contributed by atoms with van der Waals surface area (Å²) in [5.74, 6) is 0.316. The minimum Gasteiger partial charge on any atom is -0.350 e. The minimum absolute atomic E-state index is 0.00406. The lowest BCUT2D eigenvalue weighted by Crippen LogP contribution is -2.24. The second-order valence-electron chi connectivity index (χ2n) is 6.64. The number of amides is 1. The van der Waals surface area contributed by atoms with Crippen molar-refractivity contribution in [3.63, 3.8) is 0 Å². The fourth-order valence-corrected chi connectivity index (χ4v) is 5.80. The summed E-state index contributed by atoms with van der Waals surface area (Å²) in [5, 5.41) is 7.92.